The van der Waals surface area contributed by atoms with Crippen molar-refractivity contribution in [2.45, 2.75) is 25.2 Å². The second-order valence-electron chi connectivity index (χ2n) is 6.95. The van der Waals surface area contributed by atoms with Crippen molar-refractivity contribution in [2.24, 2.45) is 0 Å². The molecule has 0 radical (unpaired) electrons. The Morgan fingerprint density at radius 1 is 1.21 bits per heavy atom. The van der Waals surface area contributed by atoms with Crippen LogP contribution in [0.25, 0.3) is 0 Å². The predicted octanol–water partition coefficient (Wildman–Crippen LogP) is 5.15. The van der Waals surface area contributed by atoms with Crippen molar-refractivity contribution in [2.75, 3.05) is 24.3 Å². The second kappa shape index (κ2) is 11.1. The third-order valence-corrected chi connectivity index (χ3v) is 6.55. The maximum absolute atomic E-state index is 13.6. The monoisotopic (exact) mass is 485 g/mol. The van der Waals surface area contributed by atoms with E-state index in [2.05, 4.69) is 4.98 Å². The molecule has 1 amide bonds. The third kappa shape index (κ3) is 5.77. The van der Waals surface area contributed by atoms with Crippen molar-refractivity contribution in [1.29, 1.82) is 0 Å². The minimum Gasteiger partial charge on any atom is -0.461 e. The number of amides is 1. The highest BCUT2D eigenvalue weighted by molar-refractivity contribution is 7.98. The van der Waals surface area contributed by atoms with Crippen LogP contribution in [0.1, 0.15) is 38.2 Å². The molecule has 0 N–H and O–H groups in total. The fourth-order valence-corrected chi connectivity index (χ4v) is 4.54. The Balaban J connectivity index is 2.04. The van der Waals surface area contributed by atoms with Gasteiger partial charge >= 0.3 is 5.97 Å². The van der Waals surface area contributed by atoms with Gasteiger partial charge in [0.25, 0.3) is 11.6 Å². The molecule has 0 saturated carbocycles. The summed E-state index contributed by atoms with van der Waals surface area (Å²) in [7, 11) is 0. The van der Waals surface area contributed by atoms with Gasteiger partial charge in [-0.1, -0.05) is 30.3 Å². The average molecular weight is 486 g/mol. The summed E-state index contributed by atoms with van der Waals surface area (Å²) in [4.78, 5) is 44.1. The summed E-state index contributed by atoms with van der Waals surface area (Å²) in [5, 5.41) is 11.9. The van der Waals surface area contributed by atoms with E-state index in [-0.39, 0.29) is 30.1 Å². The van der Waals surface area contributed by atoms with Crippen LogP contribution < -0.4 is 4.90 Å². The molecule has 8 nitrogen and oxygen atoms in total. The molecule has 33 heavy (non-hydrogen) atoms. The van der Waals surface area contributed by atoms with Gasteiger partial charge in [-0.05, 0) is 44.2 Å². The Kier molecular flexibility index (Phi) is 8.18. The molecule has 0 bridgehead atoms. The number of hydrogen-bond acceptors (Lipinski definition) is 8. The first-order chi connectivity index (χ1) is 15.8. The fraction of sp³-hybridized carbons (Fsp3) is 0.261. The van der Waals surface area contributed by atoms with Gasteiger partial charge in [0.15, 0.2) is 10.8 Å². The molecule has 3 aromatic rings. The van der Waals surface area contributed by atoms with Crippen LogP contribution in [0.5, 0.6) is 0 Å². The Hall–Kier alpha value is -3.24. The largest absolute Gasteiger partial charge is 0.461 e. The Morgan fingerprint density at radius 3 is 2.58 bits per heavy atom. The molecule has 0 aliphatic rings. The quantitative estimate of drug-likeness (QED) is 0.179. The molecular weight excluding hydrogens is 462 g/mol. The van der Waals surface area contributed by atoms with Crippen molar-refractivity contribution in [1.82, 2.24) is 4.98 Å². The molecule has 1 heterocycles. The minimum atomic E-state index is -0.566. The van der Waals surface area contributed by atoms with Gasteiger partial charge in [-0.2, -0.15) is 0 Å². The van der Waals surface area contributed by atoms with Crippen molar-refractivity contribution in [3.8, 4) is 0 Å². The van der Waals surface area contributed by atoms with Crippen LogP contribution >= 0.6 is 23.1 Å². The van der Waals surface area contributed by atoms with E-state index >= 15 is 0 Å². The Morgan fingerprint density at radius 2 is 1.94 bits per heavy atom. The van der Waals surface area contributed by atoms with Crippen LogP contribution in [-0.4, -0.2) is 41.2 Å². The summed E-state index contributed by atoms with van der Waals surface area (Å²) >= 11 is 2.56. The third-order valence-electron chi connectivity index (χ3n) is 4.83. The first-order valence-corrected chi connectivity index (χ1v) is 12.2. The summed E-state index contributed by atoms with van der Waals surface area (Å²) in [5.74, 6) is -1.11. The highest BCUT2D eigenvalue weighted by Gasteiger charge is 2.29. The molecule has 0 aliphatic carbocycles. The summed E-state index contributed by atoms with van der Waals surface area (Å²) in [5.41, 5.74) is 0.843. The highest BCUT2D eigenvalue weighted by atomic mass is 32.2. The first-order valence-electron chi connectivity index (χ1n) is 10.2. The number of rotatable bonds is 9. The average Bonchev–Trinajstić information content (AvgIpc) is 3.20. The zero-order valence-electron chi connectivity index (χ0n) is 18.4. The lowest BCUT2D eigenvalue weighted by molar-refractivity contribution is -0.385. The molecule has 1 aromatic heterocycles. The van der Waals surface area contributed by atoms with Gasteiger partial charge in [-0.25, -0.2) is 9.78 Å². The number of esters is 1. The van der Waals surface area contributed by atoms with Gasteiger partial charge in [0.1, 0.15) is 5.56 Å². The number of ether oxygens (including phenoxy) is 1. The van der Waals surface area contributed by atoms with Crippen LogP contribution in [0.2, 0.25) is 0 Å². The lowest BCUT2D eigenvalue weighted by Gasteiger charge is -2.20. The van der Waals surface area contributed by atoms with E-state index in [1.165, 1.54) is 40.1 Å². The van der Waals surface area contributed by atoms with E-state index in [0.717, 1.165) is 10.5 Å². The Labute approximate surface area is 199 Å². The van der Waals surface area contributed by atoms with E-state index in [9.17, 15) is 19.7 Å². The molecule has 0 atom stereocenters. The Bertz CT molecular complexity index is 1160. The molecule has 3 rings (SSSR count). The van der Waals surface area contributed by atoms with E-state index in [4.69, 9.17) is 4.74 Å². The van der Waals surface area contributed by atoms with E-state index in [1.54, 1.807) is 19.9 Å². The van der Waals surface area contributed by atoms with Crippen LogP contribution in [-0.2, 0) is 11.2 Å². The maximum atomic E-state index is 13.6. The molecule has 0 aliphatic heterocycles. The number of carbonyl (C=O) groups excluding carboxylic acids is 2. The number of nitro benzene ring substituents is 1. The number of hydrogen-bond donors (Lipinski definition) is 0. The number of nitrogens with zero attached hydrogens (tertiary/aromatic N) is 3. The lowest BCUT2D eigenvalue weighted by Crippen LogP contribution is -2.33. The van der Waals surface area contributed by atoms with Crippen molar-refractivity contribution >= 4 is 45.8 Å². The molecule has 10 heteroatoms. The minimum absolute atomic E-state index is 0.0227. The second-order valence-corrected chi connectivity index (χ2v) is 9.02. The summed E-state index contributed by atoms with van der Waals surface area (Å²) < 4.78 is 5.07. The zero-order valence-corrected chi connectivity index (χ0v) is 20.1. The molecular formula is C23H23N3O5S2. The van der Waals surface area contributed by atoms with Gasteiger partial charge in [-0.15, -0.1) is 23.1 Å². The number of nitro groups is 1. The number of benzene rings is 2. The summed E-state index contributed by atoms with van der Waals surface area (Å²) in [6.45, 7) is 3.87. The van der Waals surface area contributed by atoms with Gasteiger partial charge in [0.2, 0.25) is 0 Å². The van der Waals surface area contributed by atoms with Crippen LogP contribution in [0.3, 0.4) is 0 Å². The molecule has 0 unspecified atom stereocenters. The smallest absolute Gasteiger partial charge is 0.358 e. The van der Waals surface area contributed by atoms with Gasteiger partial charge in [-0.3, -0.25) is 19.8 Å². The molecule has 0 saturated heterocycles. The van der Waals surface area contributed by atoms with Crippen molar-refractivity contribution in [3.63, 3.8) is 0 Å². The van der Waals surface area contributed by atoms with E-state index in [1.807, 2.05) is 36.6 Å². The standard InChI is InChI=1S/C23H23N3O5S2/c1-4-31-22(28)20-15(2)33-23(24-20)25(13-12-16-8-6-5-7-9-16)21(27)18-14-17(32-3)10-11-19(18)26(29)30/h5-11,14H,4,12-13H2,1-3H3. The predicted molar refractivity (Wildman–Crippen MR) is 130 cm³/mol. The number of carbonyl (C=O) groups is 2. The van der Waals surface area contributed by atoms with Crippen LogP contribution in [0, 0.1) is 17.0 Å². The van der Waals surface area contributed by atoms with Gasteiger partial charge in [0, 0.05) is 22.4 Å². The fourth-order valence-electron chi connectivity index (χ4n) is 3.17. The van der Waals surface area contributed by atoms with Crippen LogP contribution in [0.15, 0.2) is 53.4 Å². The lowest BCUT2D eigenvalue weighted by atomic mass is 10.1. The number of aromatic nitrogens is 1. The van der Waals surface area contributed by atoms with Gasteiger partial charge < -0.3 is 4.74 Å². The highest BCUT2D eigenvalue weighted by Crippen LogP contribution is 2.31. The number of thiazole rings is 1. The first kappa shape index (κ1) is 24.4. The number of anilines is 1. The van der Waals surface area contributed by atoms with Crippen molar-refractivity contribution in [3.05, 3.63) is 80.3 Å². The van der Waals surface area contributed by atoms with E-state index in [0.29, 0.717) is 16.4 Å². The number of thioether (sulfide) groups is 1. The van der Waals surface area contributed by atoms with Gasteiger partial charge in [0.05, 0.1) is 11.5 Å². The summed E-state index contributed by atoms with van der Waals surface area (Å²) in [6.07, 6.45) is 2.34. The molecule has 0 spiro atoms. The van der Waals surface area contributed by atoms with Crippen LogP contribution in [0.4, 0.5) is 10.8 Å². The topological polar surface area (TPSA) is 103 Å². The van der Waals surface area contributed by atoms with Crippen molar-refractivity contribution < 1.29 is 19.2 Å². The summed E-state index contributed by atoms with van der Waals surface area (Å²) in [6, 6.07) is 14.1. The maximum Gasteiger partial charge on any atom is 0.358 e. The molecule has 172 valence electrons. The normalized spacial score (nSPS) is 10.6. The van der Waals surface area contributed by atoms with E-state index < -0.39 is 16.8 Å². The SMILES string of the molecule is CCOC(=O)c1nc(N(CCc2ccccc2)C(=O)c2cc(SC)ccc2[N+](=O)[O-])sc1C. The molecule has 2 aromatic carbocycles. The zero-order chi connectivity index (χ0) is 24.0. The number of aryl methyl sites for hydroxylation is 1. The molecule has 0 fully saturated rings.